The molecular formula is C25H27N3O3. The van der Waals surface area contributed by atoms with E-state index in [1.165, 1.54) is 16.7 Å². The summed E-state index contributed by atoms with van der Waals surface area (Å²) in [7, 11) is 0. The van der Waals surface area contributed by atoms with Crippen LogP contribution in [0.4, 0.5) is 4.79 Å². The molecule has 4 amide bonds. The number of amides is 4. The molecule has 3 aliphatic rings. The van der Waals surface area contributed by atoms with Crippen LogP contribution in [0, 0.1) is 0 Å². The van der Waals surface area contributed by atoms with Crippen molar-refractivity contribution in [3.05, 3.63) is 70.3 Å². The maximum absolute atomic E-state index is 13.4. The van der Waals surface area contributed by atoms with Crippen molar-refractivity contribution in [2.75, 3.05) is 6.54 Å². The van der Waals surface area contributed by atoms with Gasteiger partial charge in [0, 0.05) is 13.1 Å². The molecule has 0 unspecified atom stereocenters. The number of hydrogen-bond donors (Lipinski definition) is 1. The van der Waals surface area contributed by atoms with Gasteiger partial charge in [-0.05, 0) is 67.3 Å². The van der Waals surface area contributed by atoms with Gasteiger partial charge in [-0.1, -0.05) is 42.5 Å². The second-order valence-corrected chi connectivity index (χ2v) is 9.02. The van der Waals surface area contributed by atoms with Gasteiger partial charge in [0.05, 0.1) is 0 Å². The van der Waals surface area contributed by atoms with Crippen molar-refractivity contribution in [3.63, 3.8) is 0 Å². The highest BCUT2D eigenvalue weighted by atomic mass is 16.2. The SMILES string of the molecule is C[C@@H](C(=O)N1CCc2ccccc2C1)N1C(=O)N[C@@](C)(c2ccc3c(c2)CCC3)C1=O. The summed E-state index contributed by atoms with van der Waals surface area (Å²) in [6, 6.07) is 12.8. The fourth-order valence-electron chi connectivity index (χ4n) is 5.15. The minimum atomic E-state index is -1.16. The van der Waals surface area contributed by atoms with Gasteiger partial charge in [0.15, 0.2) is 0 Å². The summed E-state index contributed by atoms with van der Waals surface area (Å²) in [5.41, 5.74) is 4.55. The first-order chi connectivity index (χ1) is 14.9. The molecule has 0 radical (unpaired) electrons. The Labute approximate surface area is 182 Å². The Hall–Kier alpha value is -3.15. The lowest BCUT2D eigenvalue weighted by Crippen LogP contribution is -2.51. The van der Waals surface area contributed by atoms with Gasteiger partial charge in [0.1, 0.15) is 11.6 Å². The van der Waals surface area contributed by atoms with Crippen LogP contribution in [0.25, 0.3) is 0 Å². The van der Waals surface area contributed by atoms with Crippen LogP contribution in [0.5, 0.6) is 0 Å². The Morgan fingerprint density at radius 2 is 1.71 bits per heavy atom. The van der Waals surface area contributed by atoms with Crippen molar-refractivity contribution in [2.45, 2.75) is 57.7 Å². The number of fused-ring (bicyclic) bond motifs is 2. The highest BCUT2D eigenvalue weighted by molar-refractivity contribution is 6.10. The van der Waals surface area contributed by atoms with Crippen LogP contribution in [0.1, 0.15) is 48.1 Å². The molecule has 1 saturated heterocycles. The van der Waals surface area contributed by atoms with E-state index in [2.05, 4.69) is 17.4 Å². The summed E-state index contributed by atoms with van der Waals surface area (Å²) < 4.78 is 0. The fourth-order valence-corrected chi connectivity index (χ4v) is 5.15. The van der Waals surface area contributed by atoms with E-state index >= 15 is 0 Å². The Balaban J connectivity index is 1.37. The van der Waals surface area contributed by atoms with Crippen molar-refractivity contribution in [3.8, 4) is 0 Å². The number of carbonyl (C=O) groups excluding carboxylic acids is 3. The third-order valence-corrected chi connectivity index (χ3v) is 7.09. The van der Waals surface area contributed by atoms with Gasteiger partial charge < -0.3 is 10.2 Å². The van der Waals surface area contributed by atoms with E-state index in [0.717, 1.165) is 41.7 Å². The highest BCUT2D eigenvalue weighted by Gasteiger charge is 2.52. The first-order valence-electron chi connectivity index (χ1n) is 11.0. The largest absolute Gasteiger partial charge is 0.336 e. The molecule has 0 saturated carbocycles. The normalized spacial score (nSPS) is 23.4. The van der Waals surface area contributed by atoms with Crippen LogP contribution in [-0.2, 0) is 40.9 Å². The third-order valence-electron chi connectivity index (χ3n) is 7.09. The summed E-state index contributed by atoms with van der Waals surface area (Å²) in [6.07, 6.45) is 3.95. The van der Waals surface area contributed by atoms with E-state index < -0.39 is 17.6 Å². The van der Waals surface area contributed by atoms with E-state index in [1.807, 2.05) is 30.3 Å². The summed E-state index contributed by atoms with van der Waals surface area (Å²) in [5.74, 6) is -0.565. The molecule has 6 nitrogen and oxygen atoms in total. The Bertz CT molecular complexity index is 1100. The van der Waals surface area contributed by atoms with Gasteiger partial charge in [-0.2, -0.15) is 0 Å². The molecule has 6 heteroatoms. The predicted molar refractivity (Wildman–Crippen MR) is 116 cm³/mol. The zero-order valence-corrected chi connectivity index (χ0v) is 18.0. The van der Waals surface area contributed by atoms with Crippen molar-refractivity contribution in [1.82, 2.24) is 15.1 Å². The number of urea groups is 1. The first-order valence-corrected chi connectivity index (χ1v) is 11.0. The lowest BCUT2D eigenvalue weighted by molar-refractivity contribution is -0.143. The smallest absolute Gasteiger partial charge is 0.326 e. The zero-order chi connectivity index (χ0) is 21.8. The molecule has 2 aliphatic heterocycles. The molecular weight excluding hydrogens is 390 g/mol. The van der Waals surface area contributed by atoms with Crippen LogP contribution < -0.4 is 5.32 Å². The van der Waals surface area contributed by atoms with Crippen LogP contribution >= 0.6 is 0 Å². The van der Waals surface area contributed by atoms with E-state index in [9.17, 15) is 14.4 Å². The molecule has 0 aromatic heterocycles. The first kappa shape index (κ1) is 19.8. The number of nitrogens with zero attached hydrogens (tertiary/aromatic N) is 2. The highest BCUT2D eigenvalue weighted by Crippen LogP contribution is 2.34. The molecule has 160 valence electrons. The van der Waals surface area contributed by atoms with Crippen LogP contribution in [0.15, 0.2) is 42.5 Å². The summed E-state index contributed by atoms with van der Waals surface area (Å²) in [5, 5.41) is 2.86. The molecule has 31 heavy (non-hydrogen) atoms. The summed E-state index contributed by atoms with van der Waals surface area (Å²) in [4.78, 5) is 42.4. The predicted octanol–water partition coefficient (Wildman–Crippen LogP) is 2.92. The summed E-state index contributed by atoms with van der Waals surface area (Å²) in [6.45, 7) is 4.48. The average molecular weight is 418 g/mol. The van der Waals surface area contributed by atoms with Gasteiger partial charge in [0.25, 0.3) is 5.91 Å². The van der Waals surface area contributed by atoms with Crippen molar-refractivity contribution in [2.24, 2.45) is 0 Å². The second kappa shape index (κ2) is 7.22. The Morgan fingerprint density at radius 3 is 2.52 bits per heavy atom. The quantitative estimate of drug-likeness (QED) is 0.781. The van der Waals surface area contributed by atoms with Gasteiger partial charge in [0.2, 0.25) is 5.91 Å². The van der Waals surface area contributed by atoms with E-state index in [1.54, 1.807) is 18.7 Å². The minimum Gasteiger partial charge on any atom is -0.336 e. The number of nitrogens with one attached hydrogen (secondary N) is 1. The van der Waals surface area contributed by atoms with Gasteiger partial charge in [-0.15, -0.1) is 0 Å². The molecule has 1 N–H and O–H groups in total. The van der Waals surface area contributed by atoms with Crippen LogP contribution in [-0.4, -0.2) is 40.2 Å². The van der Waals surface area contributed by atoms with Crippen molar-refractivity contribution >= 4 is 17.8 Å². The maximum atomic E-state index is 13.4. The van der Waals surface area contributed by atoms with Crippen LogP contribution in [0.3, 0.4) is 0 Å². The number of aryl methyl sites for hydroxylation is 2. The number of carbonyl (C=O) groups is 3. The van der Waals surface area contributed by atoms with E-state index in [4.69, 9.17) is 0 Å². The lowest BCUT2D eigenvalue weighted by Gasteiger charge is -2.33. The van der Waals surface area contributed by atoms with Gasteiger partial charge >= 0.3 is 6.03 Å². The molecule has 1 fully saturated rings. The molecule has 5 rings (SSSR count). The second-order valence-electron chi connectivity index (χ2n) is 9.02. The Morgan fingerprint density at radius 1 is 1.00 bits per heavy atom. The molecule has 1 aliphatic carbocycles. The van der Waals surface area contributed by atoms with E-state index in [0.29, 0.717) is 13.1 Å². The summed E-state index contributed by atoms with van der Waals surface area (Å²) >= 11 is 0. The Kier molecular flexibility index (Phi) is 4.61. The zero-order valence-electron chi connectivity index (χ0n) is 18.0. The number of benzene rings is 2. The van der Waals surface area contributed by atoms with Crippen LogP contribution in [0.2, 0.25) is 0 Å². The van der Waals surface area contributed by atoms with Gasteiger partial charge in [-0.3, -0.25) is 9.59 Å². The molecule has 2 aromatic carbocycles. The van der Waals surface area contributed by atoms with E-state index in [-0.39, 0.29) is 11.8 Å². The molecule has 0 spiro atoms. The van der Waals surface area contributed by atoms with Crippen molar-refractivity contribution in [1.29, 1.82) is 0 Å². The van der Waals surface area contributed by atoms with Crippen molar-refractivity contribution < 1.29 is 14.4 Å². The van der Waals surface area contributed by atoms with Gasteiger partial charge in [-0.25, -0.2) is 9.69 Å². The number of rotatable bonds is 3. The molecule has 0 bridgehead atoms. The minimum absolute atomic E-state index is 0.198. The average Bonchev–Trinajstić information content (AvgIpc) is 3.34. The topological polar surface area (TPSA) is 69.7 Å². The monoisotopic (exact) mass is 417 g/mol. The molecule has 2 aromatic rings. The number of hydrogen-bond acceptors (Lipinski definition) is 3. The lowest BCUT2D eigenvalue weighted by atomic mass is 9.89. The standard InChI is InChI=1S/C25H27N3O3/c1-16(22(29)27-13-12-18-6-3-4-7-20(18)15-27)28-23(30)25(2,26-24(28)31)21-11-10-17-8-5-9-19(17)14-21/h3-4,6-7,10-11,14,16H,5,8-9,12-13,15H2,1-2H3,(H,26,31)/t16-,25-/m0/s1. The molecule has 2 heterocycles. The fraction of sp³-hybridized carbons (Fsp3) is 0.400. The maximum Gasteiger partial charge on any atom is 0.326 e. The molecule has 2 atom stereocenters. The number of imide groups is 1. The third kappa shape index (κ3) is 3.12.